The van der Waals surface area contributed by atoms with Crippen molar-refractivity contribution in [3.63, 3.8) is 0 Å². The molecule has 2 rings (SSSR count). The molecule has 0 aliphatic carbocycles. The zero-order valence-electron chi connectivity index (χ0n) is 9.70. The molecule has 0 radical (unpaired) electrons. The Bertz CT molecular complexity index is 492. The molecular weight excluding hydrogens is 351 g/mol. The molecule has 4 heteroatoms. The van der Waals surface area contributed by atoms with Crippen LogP contribution in [0.25, 0.3) is 0 Å². The first-order valence-corrected chi connectivity index (χ1v) is 8.35. The minimum absolute atomic E-state index is 0.186. The van der Waals surface area contributed by atoms with Crippen molar-refractivity contribution >= 4 is 50.5 Å². The lowest BCUT2D eigenvalue weighted by atomic mass is 9.80. The highest BCUT2D eigenvalue weighted by Crippen LogP contribution is 2.34. The number of rotatable bonds is 5. The lowest BCUT2D eigenvalue weighted by Gasteiger charge is -2.29. The highest BCUT2D eigenvalue weighted by molar-refractivity contribution is 9.10. The molecule has 1 aromatic carbocycles. The normalized spacial score (nSPS) is 11.7. The third-order valence-electron chi connectivity index (χ3n) is 3.03. The number of halogens is 3. The van der Waals surface area contributed by atoms with E-state index < -0.39 is 0 Å². The number of hydrogen-bond acceptors (Lipinski definition) is 1. The molecule has 0 aliphatic heterocycles. The fourth-order valence-corrected chi connectivity index (χ4v) is 4.34. The maximum atomic E-state index is 6.22. The van der Waals surface area contributed by atoms with Crippen LogP contribution in [0.3, 0.4) is 0 Å². The summed E-state index contributed by atoms with van der Waals surface area (Å²) >= 11 is 17.7. The van der Waals surface area contributed by atoms with Gasteiger partial charge in [-0.2, -0.15) is 0 Å². The first-order valence-electron chi connectivity index (χ1n) is 5.60. The van der Waals surface area contributed by atoms with Gasteiger partial charge in [0.05, 0.1) is 0 Å². The van der Waals surface area contributed by atoms with E-state index in [1.165, 1.54) is 10.4 Å². The molecule has 0 nitrogen and oxygen atoms in total. The second-order valence-corrected chi connectivity index (χ2v) is 6.77. The summed E-state index contributed by atoms with van der Waals surface area (Å²) < 4.78 is 1.12. The van der Waals surface area contributed by atoms with E-state index in [4.69, 9.17) is 23.2 Å². The average molecular weight is 364 g/mol. The van der Waals surface area contributed by atoms with Gasteiger partial charge >= 0.3 is 0 Å². The Morgan fingerprint density at radius 1 is 1.11 bits per heavy atom. The van der Waals surface area contributed by atoms with E-state index in [0.717, 1.165) is 10.9 Å². The molecule has 1 aromatic heterocycles. The molecule has 0 saturated heterocycles. The monoisotopic (exact) mass is 362 g/mol. The summed E-state index contributed by atoms with van der Waals surface area (Å²) in [5, 5.41) is 2.09. The van der Waals surface area contributed by atoms with Crippen LogP contribution in [0.15, 0.2) is 46.3 Å². The molecule has 0 amide bonds. The van der Waals surface area contributed by atoms with Crippen molar-refractivity contribution < 1.29 is 0 Å². The van der Waals surface area contributed by atoms with E-state index in [9.17, 15) is 0 Å². The molecule has 0 N–H and O–H groups in total. The number of benzene rings is 1. The van der Waals surface area contributed by atoms with Crippen LogP contribution in [0.5, 0.6) is 0 Å². The maximum absolute atomic E-state index is 6.22. The second-order valence-electron chi connectivity index (χ2n) is 4.32. The van der Waals surface area contributed by atoms with Gasteiger partial charge in [0.25, 0.3) is 0 Å². The fourth-order valence-electron chi connectivity index (χ4n) is 1.96. The Morgan fingerprint density at radius 2 is 1.78 bits per heavy atom. The van der Waals surface area contributed by atoms with Crippen molar-refractivity contribution in [3.8, 4) is 0 Å². The van der Waals surface area contributed by atoms with Gasteiger partial charge in [-0.05, 0) is 34.0 Å². The van der Waals surface area contributed by atoms with Crippen LogP contribution in [0.1, 0.15) is 10.4 Å². The SMILES string of the molecule is ClCC(CCl)(Cc1cc(Br)cs1)c1ccccc1. The van der Waals surface area contributed by atoms with Gasteiger partial charge in [-0.1, -0.05) is 30.3 Å². The van der Waals surface area contributed by atoms with Crippen LogP contribution in [0.2, 0.25) is 0 Å². The van der Waals surface area contributed by atoms with Gasteiger partial charge in [-0.25, -0.2) is 0 Å². The van der Waals surface area contributed by atoms with Crippen molar-refractivity contribution in [2.45, 2.75) is 11.8 Å². The smallest absolute Gasteiger partial charge is 0.0335 e. The van der Waals surface area contributed by atoms with Gasteiger partial charge in [0.2, 0.25) is 0 Å². The minimum Gasteiger partial charge on any atom is -0.148 e. The van der Waals surface area contributed by atoms with E-state index in [2.05, 4.69) is 39.5 Å². The molecule has 0 atom stereocenters. The van der Waals surface area contributed by atoms with Gasteiger partial charge in [0.15, 0.2) is 0 Å². The van der Waals surface area contributed by atoms with Crippen molar-refractivity contribution in [2.24, 2.45) is 0 Å². The third kappa shape index (κ3) is 3.11. The van der Waals surface area contributed by atoms with Crippen LogP contribution in [-0.2, 0) is 11.8 Å². The zero-order valence-corrected chi connectivity index (χ0v) is 13.6. The molecular formula is C14H13BrCl2S. The fraction of sp³-hybridized carbons (Fsp3) is 0.286. The first-order chi connectivity index (χ1) is 8.70. The summed E-state index contributed by atoms with van der Waals surface area (Å²) in [5.41, 5.74) is 1.02. The molecule has 0 unspecified atom stereocenters. The average Bonchev–Trinajstić information content (AvgIpc) is 2.82. The molecule has 2 aromatic rings. The summed E-state index contributed by atoms with van der Waals surface area (Å²) in [5.74, 6) is 1.05. The number of alkyl halides is 2. The topological polar surface area (TPSA) is 0 Å². The van der Waals surface area contributed by atoms with E-state index in [0.29, 0.717) is 11.8 Å². The van der Waals surface area contributed by atoms with Gasteiger partial charge in [-0.15, -0.1) is 34.5 Å². The lowest BCUT2D eigenvalue weighted by molar-refractivity contribution is 0.541. The summed E-state index contributed by atoms with van der Waals surface area (Å²) in [6, 6.07) is 12.4. The predicted molar refractivity (Wildman–Crippen MR) is 85.3 cm³/mol. The standard InChI is InChI=1S/C14H13BrCl2S/c15-12-6-13(18-8-12)7-14(9-16,10-17)11-4-2-1-3-5-11/h1-6,8H,7,9-10H2. The molecule has 1 heterocycles. The van der Waals surface area contributed by atoms with Crippen LogP contribution in [0, 0.1) is 0 Å². The van der Waals surface area contributed by atoms with Gasteiger partial charge in [0.1, 0.15) is 0 Å². The quantitative estimate of drug-likeness (QED) is 0.618. The van der Waals surface area contributed by atoms with Crippen LogP contribution >= 0.6 is 50.5 Å². The Balaban J connectivity index is 2.32. The first kappa shape index (κ1) is 14.4. The molecule has 0 bridgehead atoms. The second kappa shape index (κ2) is 6.42. The Labute approximate surface area is 130 Å². The minimum atomic E-state index is -0.186. The van der Waals surface area contributed by atoms with Crippen LogP contribution in [0.4, 0.5) is 0 Å². The highest BCUT2D eigenvalue weighted by Gasteiger charge is 2.31. The van der Waals surface area contributed by atoms with Gasteiger partial charge in [0, 0.05) is 31.9 Å². The lowest BCUT2D eigenvalue weighted by Crippen LogP contribution is -2.33. The van der Waals surface area contributed by atoms with Crippen LogP contribution < -0.4 is 0 Å². The third-order valence-corrected chi connectivity index (χ3v) is 5.75. The molecule has 0 saturated carbocycles. The number of thiophene rings is 1. The Morgan fingerprint density at radius 3 is 2.28 bits per heavy atom. The van der Waals surface area contributed by atoms with Crippen molar-refractivity contribution in [2.75, 3.05) is 11.8 Å². The Kier molecular flexibility index (Phi) is 5.14. The number of hydrogen-bond donors (Lipinski definition) is 0. The largest absolute Gasteiger partial charge is 0.148 e. The summed E-state index contributed by atoms with van der Waals surface area (Å²) in [4.78, 5) is 1.30. The van der Waals surface area contributed by atoms with Gasteiger partial charge < -0.3 is 0 Å². The summed E-state index contributed by atoms with van der Waals surface area (Å²) in [6.07, 6.45) is 0.875. The van der Waals surface area contributed by atoms with E-state index in [-0.39, 0.29) is 5.41 Å². The zero-order chi connectivity index (χ0) is 13.0. The molecule has 0 aliphatic rings. The summed E-state index contributed by atoms with van der Waals surface area (Å²) in [6.45, 7) is 0. The van der Waals surface area contributed by atoms with Gasteiger partial charge in [-0.3, -0.25) is 0 Å². The molecule has 96 valence electrons. The van der Waals surface area contributed by atoms with Crippen molar-refractivity contribution in [3.05, 3.63) is 56.7 Å². The predicted octanol–water partition coefficient (Wildman–Crippen LogP) is 5.47. The molecule has 18 heavy (non-hydrogen) atoms. The van der Waals surface area contributed by atoms with E-state index in [1.54, 1.807) is 11.3 Å². The van der Waals surface area contributed by atoms with Crippen molar-refractivity contribution in [1.29, 1.82) is 0 Å². The molecule has 0 spiro atoms. The van der Waals surface area contributed by atoms with Crippen LogP contribution in [-0.4, -0.2) is 11.8 Å². The summed E-state index contributed by atoms with van der Waals surface area (Å²) in [7, 11) is 0. The molecule has 0 fully saturated rings. The van der Waals surface area contributed by atoms with E-state index >= 15 is 0 Å². The Hall–Kier alpha value is -0.0200. The maximum Gasteiger partial charge on any atom is 0.0335 e. The highest BCUT2D eigenvalue weighted by atomic mass is 79.9. The van der Waals surface area contributed by atoms with E-state index in [1.807, 2.05) is 18.2 Å². The van der Waals surface area contributed by atoms with Crippen molar-refractivity contribution in [1.82, 2.24) is 0 Å².